The average molecular weight is 228 g/mol. The third kappa shape index (κ3) is 4.08. The van der Waals surface area contributed by atoms with Crippen molar-refractivity contribution in [2.24, 2.45) is 0 Å². The van der Waals surface area contributed by atoms with Crippen molar-refractivity contribution in [2.75, 3.05) is 7.11 Å². The topological polar surface area (TPSA) is 67.4 Å². The van der Waals surface area contributed by atoms with Crippen molar-refractivity contribution >= 4 is 12.0 Å². The lowest BCUT2D eigenvalue weighted by molar-refractivity contribution is -0.142. The van der Waals surface area contributed by atoms with Gasteiger partial charge in [-0.05, 0) is 19.8 Å². The molecule has 1 aliphatic rings. The Labute approximate surface area is 95.9 Å². The monoisotopic (exact) mass is 228 g/mol. The van der Waals surface area contributed by atoms with Gasteiger partial charge in [0.15, 0.2) is 0 Å². The molecule has 0 aromatic carbocycles. The molecule has 1 saturated carbocycles. The van der Waals surface area contributed by atoms with Crippen LogP contribution in [0.4, 0.5) is 4.79 Å². The predicted molar refractivity (Wildman–Crippen MR) is 60.0 cm³/mol. The number of esters is 1. The van der Waals surface area contributed by atoms with Gasteiger partial charge in [-0.15, -0.1) is 0 Å². The van der Waals surface area contributed by atoms with Crippen LogP contribution < -0.4 is 10.6 Å². The smallest absolute Gasteiger partial charge is 0.328 e. The zero-order chi connectivity index (χ0) is 12.0. The summed E-state index contributed by atoms with van der Waals surface area (Å²) in [6.07, 6.45) is 5.63. The van der Waals surface area contributed by atoms with E-state index in [4.69, 9.17) is 0 Å². The maximum absolute atomic E-state index is 11.5. The number of hydrogen-bond donors (Lipinski definition) is 2. The molecule has 1 unspecified atom stereocenters. The Morgan fingerprint density at radius 3 is 2.44 bits per heavy atom. The van der Waals surface area contributed by atoms with E-state index in [2.05, 4.69) is 15.4 Å². The minimum atomic E-state index is -0.603. The van der Waals surface area contributed by atoms with E-state index in [1.807, 2.05) is 0 Å². The van der Waals surface area contributed by atoms with Crippen LogP contribution in [-0.4, -0.2) is 31.2 Å². The lowest BCUT2D eigenvalue weighted by atomic mass is 9.96. The molecule has 1 rings (SSSR count). The van der Waals surface area contributed by atoms with Gasteiger partial charge in [-0.25, -0.2) is 9.59 Å². The van der Waals surface area contributed by atoms with Gasteiger partial charge in [-0.2, -0.15) is 0 Å². The van der Waals surface area contributed by atoms with Crippen molar-refractivity contribution in [3.05, 3.63) is 0 Å². The van der Waals surface area contributed by atoms with E-state index in [1.165, 1.54) is 13.5 Å². The maximum atomic E-state index is 11.5. The first-order valence-corrected chi connectivity index (χ1v) is 5.78. The maximum Gasteiger partial charge on any atom is 0.328 e. The molecule has 0 saturated heterocycles. The molecule has 0 aromatic heterocycles. The molecule has 0 aliphatic heterocycles. The quantitative estimate of drug-likeness (QED) is 0.713. The second-order valence-electron chi connectivity index (χ2n) is 4.20. The van der Waals surface area contributed by atoms with Crippen LogP contribution in [0.3, 0.4) is 0 Å². The highest BCUT2D eigenvalue weighted by Gasteiger charge is 2.19. The number of hydrogen-bond acceptors (Lipinski definition) is 3. The summed E-state index contributed by atoms with van der Waals surface area (Å²) < 4.78 is 4.52. The van der Waals surface area contributed by atoms with Gasteiger partial charge < -0.3 is 15.4 Å². The normalized spacial score (nSPS) is 18.6. The van der Waals surface area contributed by atoms with Crippen molar-refractivity contribution < 1.29 is 14.3 Å². The highest BCUT2D eigenvalue weighted by Crippen LogP contribution is 2.17. The van der Waals surface area contributed by atoms with Gasteiger partial charge >= 0.3 is 12.0 Å². The van der Waals surface area contributed by atoms with Gasteiger partial charge in [-0.3, -0.25) is 0 Å². The molecule has 5 nitrogen and oxygen atoms in total. The number of ether oxygens (including phenoxy) is 1. The molecule has 0 aromatic rings. The van der Waals surface area contributed by atoms with E-state index in [0.717, 1.165) is 25.7 Å². The highest BCUT2D eigenvalue weighted by atomic mass is 16.5. The summed E-state index contributed by atoms with van der Waals surface area (Å²) in [6, 6.07) is -0.642. The second-order valence-corrected chi connectivity index (χ2v) is 4.20. The molecule has 0 bridgehead atoms. The third-order valence-corrected chi connectivity index (χ3v) is 2.84. The fourth-order valence-electron chi connectivity index (χ4n) is 1.91. The molecule has 1 aliphatic carbocycles. The number of carbonyl (C=O) groups excluding carboxylic acids is 2. The predicted octanol–water partition coefficient (Wildman–Crippen LogP) is 1.18. The van der Waals surface area contributed by atoms with Crippen LogP contribution in [-0.2, 0) is 9.53 Å². The van der Waals surface area contributed by atoms with Gasteiger partial charge in [0.25, 0.3) is 0 Å². The third-order valence-electron chi connectivity index (χ3n) is 2.84. The van der Waals surface area contributed by atoms with Gasteiger partial charge in [0.2, 0.25) is 0 Å². The van der Waals surface area contributed by atoms with E-state index in [1.54, 1.807) is 6.92 Å². The molecule has 0 heterocycles. The van der Waals surface area contributed by atoms with E-state index in [9.17, 15) is 9.59 Å². The standard InChI is InChI=1S/C11H20N2O3/c1-8(10(14)16-2)12-11(15)13-9-6-4-3-5-7-9/h8-9H,3-7H2,1-2H3,(H2,12,13,15). The summed E-state index contributed by atoms with van der Waals surface area (Å²) in [7, 11) is 1.31. The Bertz CT molecular complexity index is 250. The van der Waals surface area contributed by atoms with Crippen LogP contribution in [0.2, 0.25) is 0 Å². The number of methoxy groups -OCH3 is 1. The van der Waals surface area contributed by atoms with Crippen molar-refractivity contribution in [1.82, 2.24) is 10.6 Å². The van der Waals surface area contributed by atoms with Crippen LogP contribution in [0.1, 0.15) is 39.0 Å². The molecule has 1 fully saturated rings. The first-order chi connectivity index (χ1) is 7.63. The van der Waals surface area contributed by atoms with E-state index in [-0.39, 0.29) is 12.1 Å². The molecule has 2 N–H and O–H groups in total. The number of urea groups is 1. The Morgan fingerprint density at radius 1 is 1.25 bits per heavy atom. The molecule has 2 amide bonds. The first kappa shape index (κ1) is 12.8. The van der Waals surface area contributed by atoms with Gasteiger partial charge in [0.05, 0.1) is 7.11 Å². The lowest BCUT2D eigenvalue weighted by Gasteiger charge is -2.23. The summed E-state index contributed by atoms with van der Waals surface area (Å²) in [5.41, 5.74) is 0. The van der Waals surface area contributed by atoms with Gasteiger partial charge in [0, 0.05) is 6.04 Å². The van der Waals surface area contributed by atoms with Crippen molar-refractivity contribution in [2.45, 2.75) is 51.1 Å². The Hall–Kier alpha value is -1.26. The minimum Gasteiger partial charge on any atom is -0.467 e. The Balaban J connectivity index is 2.26. The van der Waals surface area contributed by atoms with Gasteiger partial charge in [0.1, 0.15) is 6.04 Å². The van der Waals surface area contributed by atoms with Crippen LogP contribution in [0.15, 0.2) is 0 Å². The molecule has 92 valence electrons. The summed E-state index contributed by atoms with van der Waals surface area (Å²) in [5.74, 6) is -0.432. The van der Waals surface area contributed by atoms with Crippen molar-refractivity contribution in [3.63, 3.8) is 0 Å². The molecule has 0 spiro atoms. The number of nitrogens with one attached hydrogen (secondary N) is 2. The number of rotatable bonds is 3. The highest BCUT2D eigenvalue weighted by molar-refractivity contribution is 5.83. The van der Waals surface area contributed by atoms with Crippen molar-refractivity contribution in [3.8, 4) is 0 Å². The van der Waals surface area contributed by atoms with Gasteiger partial charge in [-0.1, -0.05) is 19.3 Å². The van der Waals surface area contributed by atoms with Crippen LogP contribution in [0.5, 0.6) is 0 Å². The molecule has 5 heteroatoms. The summed E-state index contributed by atoms with van der Waals surface area (Å²) in [5, 5.41) is 5.42. The number of carbonyl (C=O) groups is 2. The zero-order valence-electron chi connectivity index (χ0n) is 9.91. The molecule has 16 heavy (non-hydrogen) atoms. The fraction of sp³-hybridized carbons (Fsp3) is 0.818. The lowest BCUT2D eigenvalue weighted by Crippen LogP contribution is -2.48. The van der Waals surface area contributed by atoms with Crippen LogP contribution in [0.25, 0.3) is 0 Å². The molecule has 0 radical (unpaired) electrons. The van der Waals surface area contributed by atoms with Crippen molar-refractivity contribution in [1.29, 1.82) is 0 Å². The fourth-order valence-corrected chi connectivity index (χ4v) is 1.91. The summed E-state index contributed by atoms with van der Waals surface area (Å²) >= 11 is 0. The second kappa shape index (κ2) is 6.35. The summed E-state index contributed by atoms with van der Waals surface area (Å²) in [4.78, 5) is 22.6. The largest absolute Gasteiger partial charge is 0.467 e. The molecular weight excluding hydrogens is 208 g/mol. The SMILES string of the molecule is COC(=O)C(C)NC(=O)NC1CCCCC1. The summed E-state index contributed by atoms with van der Waals surface area (Å²) in [6.45, 7) is 1.60. The molecular formula is C11H20N2O3. The Morgan fingerprint density at radius 2 is 1.88 bits per heavy atom. The zero-order valence-corrected chi connectivity index (χ0v) is 9.91. The van der Waals surface area contributed by atoms with E-state index in [0.29, 0.717) is 0 Å². The molecule has 1 atom stereocenters. The van der Waals surface area contributed by atoms with E-state index >= 15 is 0 Å². The van der Waals surface area contributed by atoms with E-state index < -0.39 is 12.0 Å². The average Bonchev–Trinajstić information content (AvgIpc) is 2.29. The minimum absolute atomic E-state index is 0.249. The van der Waals surface area contributed by atoms with Crippen LogP contribution >= 0.6 is 0 Å². The first-order valence-electron chi connectivity index (χ1n) is 5.78. The Kier molecular flexibility index (Phi) is 5.08. The number of amides is 2. The van der Waals surface area contributed by atoms with Crippen LogP contribution in [0, 0.1) is 0 Å².